The largest absolute Gasteiger partial charge is 0.478 e. The van der Waals surface area contributed by atoms with Crippen LogP contribution in [0.4, 0.5) is 15.9 Å². The summed E-state index contributed by atoms with van der Waals surface area (Å²) in [5.41, 5.74) is 6.43. The lowest BCUT2D eigenvalue weighted by molar-refractivity contribution is 0.0696. The van der Waals surface area contributed by atoms with Gasteiger partial charge in [0.1, 0.15) is 11.6 Å². The van der Waals surface area contributed by atoms with E-state index in [-0.39, 0.29) is 23.1 Å². The monoisotopic (exact) mass is 275 g/mol. The first-order valence-corrected chi connectivity index (χ1v) is 5.99. The van der Waals surface area contributed by atoms with Gasteiger partial charge in [0.15, 0.2) is 0 Å². The summed E-state index contributed by atoms with van der Waals surface area (Å²) in [4.78, 5) is 14.7. The molecule has 0 radical (unpaired) electrons. The highest BCUT2D eigenvalue weighted by molar-refractivity contribution is 5.89. The van der Waals surface area contributed by atoms with E-state index in [1.807, 2.05) is 0 Å². The number of hydrogen-bond acceptors (Lipinski definition) is 4. The number of carboxylic acids is 1. The van der Waals surface area contributed by atoms with Crippen LogP contribution >= 0.6 is 0 Å². The van der Waals surface area contributed by atoms with E-state index in [0.29, 0.717) is 11.4 Å². The molecule has 0 bridgehead atoms. The molecule has 0 spiro atoms. The molecule has 1 aromatic carbocycles. The topological polar surface area (TPSA) is 88.2 Å². The maximum atomic E-state index is 13.6. The van der Waals surface area contributed by atoms with E-state index in [1.54, 1.807) is 25.1 Å². The summed E-state index contributed by atoms with van der Waals surface area (Å²) < 4.78 is 13.6. The van der Waals surface area contributed by atoms with E-state index in [9.17, 15) is 9.18 Å². The van der Waals surface area contributed by atoms with Gasteiger partial charge in [-0.25, -0.2) is 14.2 Å². The van der Waals surface area contributed by atoms with E-state index in [1.165, 1.54) is 18.3 Å². The highest BCUT2D eigenvalue weighted by atomic mass is 19.1. The van der Waals surface area contributed by atoms with E-state index < -0.39 is 5.97 Å². The van der Waals surface area contributed by atoms with Crippen molar-refractivity contribution in [2.75, 3.05) is 11.1 Å². The molecule has 0 aliphatic rings. The number of rotatable bonds is 4. The number of hydrogen-bond donors (Lipinski definition) is 3. The van der Waals surface area contributed by atoms with Crippen molar-refractivity contribution < 1.29 is 14.3 Å². The SMILES string of the molecule is CC(Nc1ncc(C(=O)O)cc1N)c1ccccc1F. The second-order valence-electron chi connectivity index (χ2n) is 4.35. The average molecular weight is 275 g/mol. The smallest absolute Gasteiger partial charge is 0.337 e. The van der Waals surface area contributed by atoms with Gasteiger partial charge >= 0.3 is 5.97 Å². The summed E-state index contributed by atoms with van der Waals surface area (Å²) in [6.07, 6.45) is 1.20. The molecular weight excluding hydrogens is 261 g/mol. The van der Waals surface area contributed by atoms with Crippen LogP contribution in [0.5, 0.6) is 0 Å². The fourth-order valence-electron chi connectivity index (χ4n) is 1.83. The molecule has 1 atom stereocenters. The number of anilines is 2. The molecule has 0 aliphatic heterocycles. The van der Waals surface area contributed by atoms with Gasteiger partial charge in [-0.1, -0.05) is 18.2 Å². The number of aromatic carboxylic acids is 1. The molecule has 104 valence electrons. The molecular formula is C14H14FN3O2. The van der Waals surface area contributed by atoms with Gasteiger partial charge < -0.3 is 16.2 Å². The average Bonchev–Trinajstić information content (AvgIpc) is 2.41. The Labute approximate surface area is 115 Å². The summed E-state index contributed by atoms with van der Waals surface area (Å²) in [5.74, 6) is -1.10. The van der Waals surface area contributed by atoms with Crippen LogP contribution < -0.4 is 11.1 Å². The number of benzene rings is 1. The zero-order valence-electron chi connectivity index (χ0n) is 10.8. The van der Waals surface area contributed by atoms with E-state index in [4.69, 9.17) is 10.8 Å². The summed E-state index contributed by atoms with van der Waals surface area (Å²) in [7, 11) is 0. The molecule has 0 saturated heterocycles. The molecule has 0 amide bonds. The number of carbonyl (C=O) groups is 1. The second kappa shape index (κ2) is 5.56. The van der Waals surface area contributed by atoms with Crippen LogP contribution in [-0.2, 0) is 0 Å². The lowest BCUT2D eigenvalue weighted by atomic mass is 10.1. The molecule has 2 aromatic rings. The van der Waals surface area contributed by atoms with Crippen molar-refractivity contribution in [1.29, 1.82) is 0 Å². The first-order valence-electron chi connectivity index (χ1n) is 5.99. The number of pyridine rings is 1. The minimum Gasteiger partial charge on any atom is -0.478 e. The summed E-state index contributed by atoms with van der Waals surface area (Å²) in [5, 5.41) is 11.8. The van der Waals surface area contributed by atoms with Crippen LogP contribution in [0.2, 0.25) is 0 Å². The molecule has 6 heteroatoms. The Bertz CT molecular complexity index is 646. The molecule has 1 heterocycles. The Hall–Kier alpha value is -2.63. The van der Waals surface area contributed by atoms with Crippen LogP contribution in [0.25, 0.3) is 0 Å². The number of carboxylic acid groups (broad SMARTS) is 1. The van der Waals surface area contributed by atoms with Gasteiger partial charge in [-0.2, -0.15) is 0 Å². The summed E-state index contributed by atoms with van der Waals surface area (Å²) in [6.45, 7) is 1.77. The van der Waals surface area contributed by atoms with E-state index in [2.05, 4.69) is 10.3 Å². The van der Waals surface area contributed by atoms with Crippen molar-refractivity contribution in [2.45, 2.75) is 13.0 Å². The Morgan fingerprint density at radius 3 is 2.75 bits per heavy atom. The van der Waals surface area contributed by atoms with Gasteiger partial charge in [-0.3, -0.25) is 0 Å². The summed E-state index contributed by atoms with van der Waals surface area (Å²) >= 11 is 0. The first kappa shape index (κ1) is 13.8. The van der Waals surface area contributed by atoms with Crippen LogP contribution in [0.1, 0.15) is 28.9 Å². The summed E-state index contributed by atoms with van der Waals surface area (Å²) in [6, 6.07) is 7.35. The minimum absolute atomic E-state index is 0.00611. The predicted molar refractivity (Wildman–Crippen MR) is 74.0 cm³/mol. The number of nitrogens with zero attached hydrogens (tertiary/aromatic N) is 1. The maximum absolute atomic E-state index is 13.6. The minimum atomic E-state index is -1.10. The molecule has 2 rings (SSSR count). The zero-order chi connectivity index (χ0) is 14.7. The third-order valence-corrected chi connectivity index (χ3v) is 2.89. The fraction of sp³-hybridized carbons (Fsp3) is 0.143. The highest BCUT2D eigenvalue weighted by Gasteiger charge is 2.13. The predicted octanol–water partition coefficient (Wildman–Crippen LogP) is 2.67. The Kier molecular flexibility index (Phi) is 3.84. The molecule has 20 heavy (non-hydrogen) atoms. The molecule has 4 N–H and O–H groups in total. The van der Waals surface area contributed by atoms with Gasteiger partial charge in [0.05, 0.1) is 17.3 Å². The van der Waals surface area contributed by atoms with Crippen LogP contribution in [-0.4, -0.2) is 16.1 Å². The fourth-order valence-corrected chi connectivity index (χ4v) is 1.83. The Morgan fingerprint density at radius 2 is 2.15 bits per heavy atom. The van der Waals surface area contributed by atoms with Crippen molar-refractivity contribution >= 4 is 17.5 Å². The Morgan fingerprint density at radius 1 is 1.45 bits per heavy atom. The lowest BCUT2D eigenvalue weighted by Crippen LogP contribution is -2.12. The van der Waals surface area contributed by atoms with Crippen molar-refractivity contribution in [3.8, 4) is 0 Å². The van der Waals surface area contributed by atoms with Gasteiger partial charge in [0.25, 0.3) is 0 Å². The zero-order valence-corrected chi connectivity index (χ0v) is 10.8. The standard InChI is InChI=1S/C14H14FN3O2/c1-8(10-4-2-3-5-11(10)15)18-13-12(16)6-9(7-17-13)14(19)20/h2-8H,16H2,1H3,(H,17,18)(H,19,20). The number of nitrogen functional groups attached to an aromatic ring is 1. The van der Waals surface area contributed by atoms with Crippen LogP contribution in [0.15, 0.2) is 36.5 Å². The molecule has 5 nitrogen and oxygen atoms in total. The first-order chi connectivity index (χ1) is 9.49. The van der Waals surface area contributed by atoms with Crippen molar-refractivity contribution in [2.24, 2.45) is 0 Å². The molecule has 0 saturated carbocycles. The van der Waals surface area contributed by atoms with Gasteiger partial charge in [0, 0.05) is 11.8 Å². The molecule has 0 aliphatic carbocycles. The number of halogens is 1. The van der Waals surface area contributed by atoms with E-state index in [0.717, 1.165) is 0 Å². The van der Waals surface area contributed by atoms with E-state index >= 15 is 0 Å². The molecule has 1 aromatic heterocycles. The number of nitrogens with one attached hydrogen (secondary N) is 1. The number of nitrogens with two attached hydrogens (primary N) is 1. The van der Waals surface area contributed by atoms with Crippen LogP contribution in [0.3, 0.4) is 0 Å². The molecule has 0 fully saturated rings. The number of aromatic nitrogens is 1. The third kappa shape index (κ3) is 2.85. The maximum Gasteiger partial charge on any atom is 0.337 e. The Balaban J connectivity index is 2.22. The molecule has 1 unspecified atom stereocenters. The van der Waals surface area contributed by atoms with Gasteiger partial charge in [0.2, 0.25) is 0 Å². The second-order valence-corrected chi connectivity index (χ2v) is 4.35. The van der Waals surface area contributed by atoms with Crippen LogP contribution in [0, 0.1) is 5.82 Å². The van der Waals surface area contributed by atoms with Crippen molar-refractivity contribution in [1.82, 2.24) is 4.98 Å². The highest BCUT2D eigenvalue weighted by Crippen LogP contribution is 2.24. The van der Waals surface area contributed by atoms with Crippen molar-refractivity contribution in [3.63, 3.8) is 0 Å². The van der Waals surface area contributed by atoms with Gasteiger partial charge in [-0.05, 0) is 19.1 Å². The normalized spacial score (nSPS) is 11.9. The lowest BCUT2D eigenvalue weighted by Gasteiger charge is -2.17. The van der Waals surface area contributed by atoms with Crippen molar-refractivity contribution in [3.05, 3.63) is 53.5 Å². The quantitative estimate of drug-likeness (QED) is 0.798. The third-order valence-electron chi connectivity index (χ3n) is 2.89. The van der Waals surface area contributed by atoms with Gasteiger partial charge in [-0.15, -0.1) is 0 Å².